The number of aryl methyl sites for hydroxylation is 16. The Kier molecular flexibility index (Phi) is 12.8. The highest BCUT2D eigenvalue weighted by molar-refractivity contribution is 7.01. The van der Waals surface area contributed by atoms with Gasteiger partial charge in [-0.05, 0) is 246 Å². The van der Waals surface area contributed by atoms with Gasteiger partial charge in [0.2, 0.25) is 0 Å². The Morgan fingerprint density at radius 1 is 0.282 bits per heavy atom. The summed E-state index contributed by atoms with van der Waals surface area (Å²) in [6, 6.07) is 42.7. The summed E-state index contributed by atoms with van der Waals surface area (Å²) in [6.07, 6.45) is 4.90. The first-order valence-electron chi connectivity index (χ1n) is 25.7. The van der Waals surface area contributed by atoms with E-state index in [9.17, 15) is 0 Å². The Labute approximate surface area is 427 Å². The molecule has 2 nitrogen and oxygen atoms in total. The van der Waals surface area contributed by atoms with Gasteiger partial charge >= 0.3 is 0 Å². The number of hydrogen-bond acceptors (Lipinski definition) is 2. The third-order valence-electron chi connectivity index (χ3n) is 15.6. The normalized spacial score (nSPS) is 12.7. The first-order valence-corrected chi connectivity index (χ1v) is 28.7. The SMILES string of the molecule is Cc1cc(C)c(N(c2cc(C)c(-c3cccc4c3C=Cc3c(-c5cc(C)c(N(c6c(C)cc(C)cc6C)c6c(C)cc(C)cc6C)cc5C)cccc3[Si]4(C)C)cc2C)c2c(C)cc(C)cc2C)c(C)c1. The van der Waals surface area contributed by atoms with E-state index >= 15 is 0 Å². The Balaban J connectivity index is 1.18. The fraction of sp³-hybridized carbons (Fsp3) is 0.265. The fourth-order valence-electron chi connectivity index (χ4n) is 12.8. The van der Waals surface area contributed by atoms with Crippen molar-refractivity contribution in [2.75, 3.05) is 9.80 Å². The molecule has 8 aromatic rings. The van der Waals surface area contributed by atoms with Gasteiger partial charge in [0.05, 0.1) is 22.7 Å². The van der Waals surface area contributed by atoms with Gasteiger partial charge in [-0.2, -0.15) is 0 Å². The zero-order valence-corrected chi connectivity index (χ0v) is 46.9. The molecule has 1 aliphatic rings. The molecule has 1 aliphatic heterocycles. The maximum absolute atomic E-state index is 2.56. The van der Waals surface area contributed by atoms with Crippen molar-refractivity contribution in [1.29, 1.82) is 0 Å². The van der Waals surface area contributed by atoms with E-state index in [4.69, 9.17) is 0 Å². The number of benzene rings is 8. The molecule has 0 atom stereocenters. The number of nitrogens with zero attached hydrogens (tertiary/aromatic N) is 2. The molecular formula is C68H74N2Si. The van der Waals surface area contributed by atoms with Gasteiger partial charge in [0.1, 0.15) is 8.07 Å². The van der Waals surface area contributed by atoms with Gasteiger partial charge in [-0.15, -0.1) is 0 Å². The van der Waals surface area contributed by atoms with Crippen molar-refractivity contribution in [3.63, 3.8) is 0 Å². The second-order valence-electron chi connectivity index (χ2n) is 22.1. The molecule has 9 rings (SSSR count). The second kappa shape index (κ2) is 18.5. The predicted molar refractivity (Wildman–Crippen MR) is 315 cm³/mol. The van der Waals surface area contributed by atoms with E-state index in [-0.39, 0.29) is 0 Å². The summed E-state index contributed by atoms with van der Waals surface area (Å²) in [7, 11) is -2.25. The van der Waals surface area contributed by atoms with Crippen LogP contribution in [0.5, 0.6) is 0 Å². The standard InChI is InChI=1S/C68H74N2Si/c1-39-27-47(9)65(48(10)28-39)69(66-49(11)29-40(2)30-50(66)12)61-37-43(5)59(35-45(61)7)55-21-19-23-63-57(55)25-26-58-56(22-20-24-64(58)71(63,17)18)60-36-46(8)62(38-44(60)6)70(67-51(13)31-41(3)32-52(67)14)68-53(15)33-42(4)34-54(68)16/h19-38H,1-18H3. The summed E-state index contributed by atoms with van der Waals surface area (Å²) in [5.41, 5.74) is 36.0. The van der Waals surface area contributed by atoms with Crippen molar-refractivity contribution >= 4 is 64.7 Å². The van der Waals surface area contributed by atoms with Gasteiger partial charge in [0.15, 0.2) is 0 Å². The zero-order chi connectivity index (χ0) is 51.1. The Bertz CT molecular complexity index is 3090. The molecule has 0 bridgehead atoms. The highest BCUT2D eigenvalue weighted by atomic mass is 28.3. The molecular weight excluding hydrogens is 873 g/mol. The third kappa shape index (κ3) is 8.61. The van der Waals surface area contributed by atoms with Crippen molar-refractivity contribution in [1.82, 2.24) is 0 Å². The average Bonchev–Trinajstić information content (AvgIpc) is 3.38. The van der Waals surface area contributed by atoms with Crippen LogP contribution in [0.4, 0.5) is 34.1 Å². The Hall–Kier alpha value is -6.68. The van der Waals surface area contributed by atoms with Crippen LogP contribution in [0, 0.1) is 111 Å². The van der Waals surface area contributed by atoms with Crippen LogP contribution in [0.15, 0.2) is 109 Å². The molecule has 0 saturated carbocycles. The van der Waals surface area contributed by atoms with E-state index < -0.39 is 8.07 Å². The number of anilines is 6. The largest absolute Gasteiger partial charge is 0.309 e. The quantitative estimate of drug-likeness (QED) is 0.140. The molecule has 0 amide bonds. The Morgan fingerprint density at radius 2 is 0.549 bits per heavy atom. The molecule has 1 heterocycles. The summed E-state index contributed by atoms with van der Waals surface area (Å²) >= 11 is 0. The summed E-state index contributed by atoms with van der Waals surface area (Å²) in [5, 5.41) is 2.96. The molecule has 0 spiro atoms. The highest BCUT2D eigenvalue weighted by Gasteiger charge is 2.34. The van der Waals surface area contributed by atoms with E-state index in [0.29, 0.717) is 0 Å². The number of rotatable bonds is 8. The van der Waals surface area contributed by atoms with Gasteiger partial charge in [0, 0.05) is 11.4 Å². The van der Waals surface area contributed by atoms with Crippen LogP contribution in [0.1, 0.15) is 100 Å². The van der Waals surface area contributed by atoms with Crippen molar-refractivity contribution in [3.8, 4) is 22.3 Å². The minimum Gasteiger partial charge on any atom is -0.309 e. The third-order valence-corrected chi connectivity index (χ3v) is 19.1. The topological polar surface area (TPSA) is 6.48 Å². The minimum atomic E-state index is -2.25. The van der Waals surface area contributed by atoms with Gasteiger partial charge in [-0.1, -0.05) is 132 Å². The minimum absolute atomic E-state index is 1.23. The molecule has 8 aromatic carbocycles. The lowest BCUT2D eigenvalue weighted by Gasteiger charge is -2.34. The molecule has 0 aromatic heterocycles. The van der Waals surface area contributed by atoms with Crippen LogP contribution in [-0.4, -0.2) is 8.07 Å². The van der Waals surface area contributed by atoms with E-state index in [1.165, 1.54) is 167 Å². The molecule has 0 saturated heterocycles. The van der Waals surface area contributed by atoms with Gasteiger partial charge in [0.25, 0.3) is 0 Å². The summed E-state index contributed by atoms with van der Waals surface area (Å²) in [4.78, 5) is 5.12. The molecule has 0 radical (unpaired) electrons. The monoisotopic (exact) mass is 947 g/mol. The summed E-state index contributed by atoms with van der Waals surface area (Å²) in [5.74, 6) is 0. The van der Waals surface area contributed by atoms with Gasteiger partial charge in [-0.25, -0.2) is 0 Å². The highest BCUT2D eigenvalue weighted by Crippen LogP contribution is 2.48. The predicted octanol–water partition coefficient (Wildman–Crippen LogP) is 18.2. The number of fused-ring (bicyclic) bond motifs is 2. The molecule has 3 heteroatoms. The van der Waals surface area contributed by atoms with Crippen LogP contribution in [0.25, 0.3) is 34.4 Å². The molecule has 0 fully saturated rings. The molecule has 0 N–H and O–H groups in total. The van der Waals surface area contributed by atoms with Crippen LogP contribution in [-0.2, 0) is 0 Å². The first-order chi connectivity index (χ1) is 33.6. The molecule has 360 valence electrons. The lowest BCUT2D eigenvalue weighted by molar-refractivity contribution is 1.15. The zero-order valence-electron chi connectivity index (χ0n) is 45.9. The smallest absolute Gasteiger partial charge is 0.113 e. The first kappa shape index (κ1) is 49.3. The van der Waals surface area contributed by atoms with Crippen molar-refractivity contribution in [3.05, 3.63) is 209 Å². The maximum Gasteiger partial charge on any atom is 0.113 e. The average molecular weight is 947 g/mol. The van der Waals surface area contributed by atoms with Crippen molar-refractivity contribution in [2.24, 2.45) is 0 Å². The molecule has 0 aliphatic carbocycles. The number of hydrogen-bond donors (Lipinski definition) is 0. The second-order valence-corrected chi connectivity index (χ2v) is 26.4. The van der Waals surface area contributed by atoms with Crippen LogP contribution in [0.2, 0.25) is 13.1 Å². The summed E-state index contributed by atoms with van der Waals surface area (Å²) < 4.78 is 0. The fourth-order valence-corrected chi connectivity index (χ4v) is 15.9. The van der Waals surface area contributed by atoms with Crippen molar-refractivity contribution < 1.29 is 0 Å². The van der Waals surface area contributed by atoms with Crippen LogP contribution < -0.4 is 20.2 Å². The van der Waals surface area contributed by atoms with E-state index in [1.54, 1.807) is 0 Å². The maximum atomic E-state index is 2.56. The van der Waals surface area contributed by atoms with Crippen LogP contribution in [0.3, 0.4) is 0 Å². The van der Waals surface area contributed by atoms with E-state index in [2.05, 4.69) is 255 Å². The van der Waals surface area contributed by atoms with Gasteiger partial charge < -0.3 is 9.80 Å². The Morgan fingerprint density at radius 3 is 0.817 bits per heavy atom. The lowest BCUT2D eigenvalue weighted by atomic mass is 9.90. The summed E-state index contributed by atoms with van der Waals surface area (Å²) in [6.45, 7) is 41.3. The molecule has 0 unspecified atom stereocenters. The van der Waals surface area contributed by atoms with Crippen molar-refractivity contribution in [2.45, 2.75) is 124 Å². The van der Waals surface area contributed by atoms with Crippen LogP contribution >= 0.6 is 0 Å². The van der Waals surface area contributed by atoms with Gasteiger partial charge in [-0.3, -0.25) is 0 Å². The lowest BCUT2D eigenvalue weighted by Crippen LogP contribution is -2.54. The molecule has 71 heavy (non-hydrogen) atoms. The van der Waals surface area contributed by atoms with E-state index in [1.807, 2.05) is 0 Å². The van der Waals surface area contributed by atoms with E-state index in [0.717, 1.165) is 0 Å².